The number of phenols is 7. The number of benzene rings is 7. The number of aliphatic hydroxyl groups excluding tert-OH is 14. The minimum Gasteiger partial charge on any atom is -0.508 e. The van der Waals surface area contributed by atoms with Crippen LogP contribution >= 0.6 is 0 Å². The predicted octanol–water partition coefficient (Wildman–Crippen LogP) is 9.45. The molecule has 0 saturated carbocycles. The SMILES string of the molecule is CC(C)(C)c1cc(CO)c(O)c(CO)c1.CC(C)C(C)c1cc(CO)c(O)c(CO)c1.CC(C)CC(C)(C)c1cc(CO)c(O)c(CO)c1.CCc1cc(CO)c(O)c(CO)c1.CCc1cc(CO)cc(CO)c1O.Cc1cc(CO)c(O)c(CO)c1.OCc1ccc(O)c(CO)c1. The second kappa shape index (κ2) is 43.9. The first-order valence-electron chi connectivity index (χ1n) is 32.5. The quantitative estimate of drug-likeness (QED) is 0.0318. The van der Waals surface area contributed by atoms with E-state index in [0.29, 0.717) is 96.5 Å². The molecule has 21 heteroatoms. The van der Waals surface area contributed by atoms with Gasteiger partial charge in [0.25, 0.3) is 0 Å². The maximum Gasteiger partial charge on any atom is 0.126 e. The van der Waals surface area contributed by atoms with Gasteiger partial charge in [-0.25, -0.2) is 0 Å². The van der Waals surface area contributed by atoms with Crippen LogP contribution in [0.4, 0.5) is 0 Å². The summed E-state index contributed by atoms with van der Waals surface area (Å²) in [5.41, 5.74) is 12.7. The van der Waals surface area contributed by atoms with Crippen LogP contribution in [-0.2, 0) is 116 Å². The molecule has 0 fully saturated rings. The molecule has 7 aromatic rings. The van der Waals surface area contributed by atoms with Crippen molar-refractivity contribution in [3.05, 3.63) is 202 Å². The summed E-state index contributed by atoms with van der Waals surface area (Å²) in [6.45, 7) is 24.2. The van der Waals surface area contributed by atoms with Gasteiger partial charge in [0.2, 0.25) is 0 Å². The Bertz CT molecular complexity index is 3300. The van der Waals surface area contributed by atoms with Crippen LogP contribution < -0.4 is 0 Å². The average molecular weight is 1370 g/mol. The second-order valence-corrected chi connectivity index (χ2v) is 26.1. The molecule has 0 bridgehead atoms. The van der Waals surface area contributed by atoms with Gasteiger partial charge in [0.15, 0.2) is 0 Å². The van der Waals surface area contributed by atoms with Crippen LogP contribution in [-0.4, -0.2) is 107 Å². The molecule has 0 saturated heterocycles. The zero-order chi connectivity index (χ0) is 74.9. The van der Waals surface area contributed by atoms with Crippen molar-refractivity contribution in [1.29, 1.82) is 0 Å². The molecule has 1 atom stereocenters. The molecule has 0 spiro atoms. The van der Waals surface area contributed by atoms with Gasteiger partial charge in [-0.3, -0.25) is 0 Å². The Morgan fingerprint density at radius 1 is 0.306 bits per heavy atom. The topological polar surface area (TPSA) is 425 Å². The summed E-state index contributed by atoms with van der Waals surface area (Å²) in [7, 11) is 0. The molecule has 7 aromatic carbocycles. The van der Waals surface area contributed by atoms with Crippen LogP contribution in [0.5, 0.6) is 40.2 Å². The van der Waals surface area contributed by atoms with Crippen LogP contribution in [0.3, 0.4) is 0 Å². The molecule has 0 heterocycles. The minimum absolute atomic E-state index is 0.00204. The molecular weight excluding hydrogens is 1260 g/mol. The van der Waals surface area contributed by atoms with E-state index in [2.05, 4.69) is 48.5 Å². The van der Waals surface area contributed by atoms with E-state index in [1.807, 2.05) is 53.7 Å². The molecule has 546 valence electrons. The van der Waals surface area contributed by atoms with Gasteiger partial charge >= 0.3 is 0 Å². The zero-order valence-corrected chi connectivity index (χ0v) is 59.3. The van der Waals surface area contributed by atoms with Crippen molar-refractivity contribution in [3.8, 4) is 40.2 Å². The maximum atomic E-state index is 9.84. The lowest BCUT2D eigenvalue weighted by atomic mass is 9.77. The predicted molar refractivity (Wildman–Crippen MR) is 378 cm³/mol. The molecule has 7 rings (SSSR count). The molecule has 0 aliphatic carbocycles. The Kier molecular flexibility index (Phi) is 39.7. The number of aromatic hydroxyl groups is 7. The van der Waals surface area contributed by atoms with Gasteiger partial charge in [-0.05, 0) is 167 Å². The second-order valence-electron chi connectivity index (χ2n) is 26.1. The van der Waals surface area contributed by atoms with E-state index < -0.39 is 0 Å². The van der Waals surface area contributed by atoms with Crippen LogP contribution in [0.2, 0.25) is 0 Å². The lowest BCUT2D eigenvalue weighted by molar-refractivity contribution is 0.262. The van der Waals surface area contributed by atoms with E-state index >= 15 is 0 Å². The van der Waals surface area contributed by atoms with Gasteiger partial charge in [0.1, 0.15) is 40.2 Å². The summed E-state index contributed by atoms with van der Waals surface area (Å²) >= 11 is 0. The molecule has 0 aromatic heterocycles. The van der Waals surface area contributed by atoms with E-state index in [1.165, 1.54) is 6.07 Å². The summed E-state index contributed by atoms with van der Waals surface area (Å²) < 4.78 is 0. The number of rotatable bonds is 21. The maximum absolute atomic E-state index is 9.84. The van der Waals surface area contributed by atoms with Crippen LogP contribution in [0.15, 0.2) is 91.0 Å². The van der Waals surface area contributed by atoms with Crippen LogP contribution in [0, 0.1) is 18.8 Å². The number of hydrogen-bond acceptors (Lipinski definition) is 21. The van der Waals surface area contributed by atoms with E-state index in [0.717, 1.165) is 51.8 Å². The highest BCUT2D eigenvalue weighted by atomic mass is 16.3. The summed E-state index contributed by atoms with van der Waals surface area (Å²) in [5.74, 6) is 1.56. The Labute approximate surface area is 577 Å². The summed E-state index contributed by atoms with van der Waals surface area (Å²) in [6.07, 6.45) is 2.51. The van der Waals surface area contributed by atoms with E-state index in [4.69, 9.17) is 66.4 Å². The van der Waals surface area contributed by atoms with Crippen molar-refractivity contribution >= 4 is 0 Å². The van der Waals surface area contributed by atoms with Gasteiger partial charge in [0.05, 0.1) is 92.5 Å². The largest absolute Gasteiger partial charge is 0.508 e. The van der Waals surface area contributed by atoms with Gasteiger partial charge in [-0.15, -0.1) is 0 Å². The molecular formula is C77H112O21. The zero-order valence-electron chi connectivity index (χ0n) is 59.3. The standard InChI is InChI=1S/C15H24O3.C13H20O3.C12H18O3.2C10H14O3.C9H12O3.C8H10O3/c1-10(2)7-15(3,4)13-5-11(8-16)14(18)12(6-13)9-17;1-8(2)9(3)10-4-11(6-14)13(16)12(5-10)7-15;1-12(2,3)10-4-8(6-13)11(15)9(5-10)7-14;1-2-8-3-7(5-11)4-9(6-12)10(8)13;1-2-7-3-8(5-11)10(13)9(4-7)6-12;1-6-2-7(4-10)9(12)8(3-6)5-11;9-4-6-1-2-8(11)7(3-6)5-10/h5-6,10,16-18H,7-9H2,1-4H3;4-5,8-9,14-16H,6-7H2,1-3H3;4-5,13-15H,6-7H2,1-3H3;2*3-4,11-13H,2,5-6H2,1H3;2-3,10-12H,4-5H2,1H3;1-3,9-11H,4-5H2. The van der Waals surface area contributed by atoms with Crippen LogP contribution in [0.25, 0.3) is 0 Å². The minimum atomic E-state index is -0.219. The number of hydrogen-bond donors (Lipinski definition) is 21. The van der Waals surface area contributed by atoms with Crippen molar-refractivity contribution in [3.63, 3.8) is 0 Å². The lowest BCUT2D eigenvalue weighted by Crippen LogP contribution is -2.20. The van der Waals surface area contributed by atoms with Crippen LogP contribution in [0.1, 0.15) is 207 Å². The highest BCUT2D eigenvalue weighted by Crippen LogP contribution is 2.37. The molecule has 0 radical (unpaired) electrons. The van der Waals surface area contributed by atoms with E-state index in [-0.39, 0.29) is 144 Å². The Balaban J connectivity index is 0.000000575. The molecule has 21 nitrogen and oxygen atoms in total. The molecule has 21 N–H and O–H groups in total. The number of aliphatic hydroxyl groups is 14. The van der Waals surface area contributed by atoms with E-state index in [9.17, 15) is 40.9 Å². The molecule has 1 unspecified atom stereocenters. The Hall–Kier alpha value is -7.42. The molecule has 98 heavy (non-hydrogen) atoms. The molecule has 0 aliphatic heterocycles. The van der Waals surface area contributed by atoms with Gasteiger partial charge in [0, 0.05) is 66.8 Å². The van der Waals surface area contributed by atoms with Crippen molar-refractivity contribution in [2.45, 2.75) is 219 Å². The third kappa shape index (κ3) is 27.0. The lowest BCUT2D eigenvalue weighted by Gasteiger charge is -2.28. The third-order valence-electron chi connectivity index (χ3n) is 16.3. The summed E-state index contributed by atoms with van der Waals surface area (Å²) in [6, 6.07) is 25.7. The first kappa shape index (κ1) is 88.6. The third-order valence-corrected chi connectivity index (χ3v) is 16.3. The first-order chi connectivity index (χ1) is 46.1. The van der Waals surface area contributed by atoms with Gasteiger partial charge in [-0.2, -0.15) is 0 Å². The van der Waals surface area contributed by atoms with Crippen molar-refractivity contribution in [2.75, 3.05) is 0 Å². The first-order valence-corrected chi connectivity index (χ1v) is 32.5. The average Bonchev–Trinajstić information content (AvgIpc) is 0.825. The fraction of sp³-hybridized carbons (Fsp3) is 0.455. The van der Waals surface area contributed by atoms with Crippen molar-refractivity contribution < 1.29 is 107 Å². The highest BCUT2D eigenvalue weighted by Gasteiger charge is 2.25. The van der Waals surface area contributed by atoms with Gasteiger partial charge < -0.3 is 107 Å². The van der Waals surface area contributed by atoms with Crippen molar-refractivity contribution in [2.24, 2.45) is 11.8 Å². The Morgan fingerprint density at radius 3 is 0.888 bits per heavy atom. The fourth-order valence-electron chi connectivity index (χ4n) is 10.3. The normalized spacial score (nSPS) is 11.3. The van der Waals surface area contributed by atoms with Crippen molar-refractivity contribution in [1.82, 2.24) is 0 Å². The molecule has 0 aliphatic rings. The summed E-state index contributed by atoms with van der Waals surface area (Å²) in [5, 5.41) is 192. The summed E-state index contributed by atoms with van der Waals surface area (Å²) in [4.78, 5) is 0. The molecule has 0 amide bonds. The highest BCUT2D eigenvalue weighted by molar-refractivity contribution is 5.49. The number of aryl methyl sites for hydroxylation is 3. The monoisotopic (exact) mass is 1370 g/mol. The van der Waals surface area contributed by atoms with Gasteiger partial charge in [-0.1, -0.05) is 107 Å². The Morgan fingerprint density at radius 2 is 0.592 bits per heavy atom. The van der Waals surface area contributed by atoms with E-state index in [1.54, 1.807) is 72.8 Å². The fourth-order valence-corrected chi connectivity index (χ4v) is 10.3. The smallest absolute Gasteiger partial charge is 0.126 e.